The Kier molecular flexibility index (Phi) is 6.12. The maximum Gasteiger partial charge on any atom is 0.261 e. The lowest BCUT2D eigenvalue weighted by Gasteiger charge is -2.14. The number of hydrogen-bond donors (Lipinski definition) is 2. The van der Waals surface area contributed by atoms with Crippen molar-refractivity contribution in [1.82, 2.24) is 0 Å². The molecule has 0 aliphatic rings. The van der Waals surface area contributed by atoms with E-state index in [1.54, 1.807) is 18.2 Å². The Labute approximate surface area is 177 Å². The van der Waals surface area contributed by atoms with Crippen molar-refractivity contribution in [3.63, 3.8) is 0 Å². The monoisotopic (exact) mass is 424 g/mol. The first-order chi connectivity index (χ1) is 14.2. The van der Waals surface area contributed by atoms with Gasteiger partial charge in [-0.05, 0) is 62.7 Å². The Bertz CT molecular complexity index is 1190. The first kappa shape index (κ1) is 21.4. The van der Waals surface area contributed by atoms with Crippen LogP contribution < -0.4 is 14.8 Å². The summed E-state index contributed by atoms with van der Waals surface area (Å²) in [4.78, 5) is 12.6. The highest BCUT2D eigenvalue weighted by atomic mass is 32.2. The van der Waals surface area contributed by atoms with Crippen molar-refractivity contribution in [2.75, 3.05) is 17.1 Å². The van der Waals surface area contributed by atoms with Gasteiger partial charge in [0.1, 0.15) is 5.75 Å². The molecule has 0 fully saturated rings. The second-order valence-corrected chi connectivity index (χ2v) is 8.79. The summed E-state index contributed by atoms with van der Waals surface area (Å²) in [6.45, 7) is 5.71. The molecule has 1 amide bonds. The van der Waals surface area contributed by atoms with Crippen LogP contribution in [0.5, 0.6) is 5.75 Å². The number of sulfonamides is 1. The molecule has 7 heteroatoms. The predicted molar refractivity (Wildman–Crippen MR) is 119 cm³/mol. The summed E-state index contributed by atoms with van der Waals surface area (Å²) in [5.74, 6) is 0.00566. The second kappa shape index (κ2) is 8.59. The molecule has 0 radical (unpaired) electrons. The number of rotatable bonds is 6. The van der Waals surface area contributed by atoms with E-state index < -0.39 is 10.0 Å². The first-order valence-electron chi connectivity index (χ1n) is 9.36. The quantitative estimate of drug-likeness (QED) is 0.602. The summed E-state index contributed by atoms with van der Waals surface area (Å²) in [5.41, 5.74) is 4.13. The van der Waals surface area contributed by atoms with Crippen molar-refractivity contribution < 1.29 is 17.9 Å². The molecule has 6 nitrogen and oxygen atoms in total. The molecule has 3 aromatic carbocycles. The molecular weight excluding hydrogens is 400 g/mol. The largest absolute Gasteiger partial charge is 0.495 e. The summed E-state index contributed by atoms with van der Waals surface area (Å²) in [5, 5.41) is 2.74. The highest BCUT2D eigenvalue weighted by Crippen LogP contribution is 2.29. The van der Waals surface area contributed by atoms with Crippen LogP contribution in [0, 0.1) is 20.8 Å². The zero-order chi connectivity index (χ0) is 21.9. The van der Waals surface area contributed by atoms with E-state index in [1.165, 1.54) is 25.3 Å². The molecule has 156 valence electrons. The van der Waals surface area contributed by atoms with Crippen LogP contribution in [0.1, 0.15) is 27.0 Å². The molecule has 0 aromatic heterocycles. The van der Waals surface area contributed by atoms with Crippen LogP contribution in [0.3, 0.4) is 0 Å². The highest BCUT2D eigenvalue weighted by Gasteiger charge is 2.19. The van der Waals surface area contributed by atoms with Crippen molar-refractivity contribution in [2.24, 2.45) is 0 Å². The van der Waals surface area contributed by atoms with Crippen LogP contribution in [0.25, 0.3) is 0 Å². The molecule has 3 aromatic rings. The van der Waals surface area contributed by atoms with Gasteiger partial charge in [-0.25, -0.2) is 8.42 Å². The van der Waals surface area contributed by atoms with Gasteiger partial charge in [-0.1, -0.05) is 35.4 Å². The summed E-state index contributed by atoms with van der Waals surface area (Å²) >= 11 is 0. The third-order valence-electron chi connectivity index (χ3n) is 4.67. The van der Waals surface area contributed by atoms with Gasteiger partial charge in [-0.3, -0.25) is 9.52 Å². The van der Waals surface area contributed by atoms with E-state index in [-0.39, 0.29) is 16.5 Å². The molecule has 0 spiro atoms. The lowest BCUT2D eigenvalue weighted by Crippen LogP contribution is -2.16. The van der Waals surface area contributed by atoms with Gasteiger partial charge < -0.3 is 10.1 Å². The molecule has 0 saturated carbocycles. The fourth-order valence-corrected chi connectivity index (χ4v) is 4.14. The third-order valence-corrected chi connectivity index (χ3v) is 6.03. The number of methoxy groups -OCH3 is 1. The Hall–Kier alpha value is -3.32. The average molecular weight is 425 g/mol. The van der Waals surface area contributed by atoms with Gasteiger partial charge in [0.25, 0.3) is 15.9 Å². The van der Waals surface area contributed by atoms with E-state index in [1.807, 2.05) is 45.0 Å². The van der Waals surface area contributed by atoms with Crippen LogP contribution in [-0.4, -0.2) is 21.4 Å². The first-order valence-corrected chi connectivity index (χ1v) is 10.8. The molecule has 0 saturated heterocycles. The van der Waals surface area contributed by atoms with Gasteiger partial charge in [0.05, 0.1) is 23.4 Å². The molecule has 0 aliphatic heterocycles. The molecular formula is C23H24N2O4S. The fourth-order valence-electron chi connectivity index (χ4n) is 2.98. The Morgan fingerprint density at radius 3 is 2.13 bits per heavy atom. The van der Waals surface area contributed by atoms with E-state index in [2.05, 4.69) is 10.0 Å². The van der Waals surface area contributed by atoms with E-state index in [4.69, 9.17) is 4.74 Å². The molecule has 30 heavy (non-hydrogen) atoms. The zero-order valence-electron chi connectivity index (χ0n) is 17.3. The van der Waals surface area contributed by atoms with Gasteiger partial charge in [-0.2, -0.15) is 0 Å². The number of ether oxygens (including phenoxy) is 1. The van der Waals surface area contributed by atoms with Crippen LogP contribution in [0.4, 0.5) is 11.4 Å². The van der Waals surface area contributed by atoms with Crippen LogP contribution in [0.2, 0.25) is 0 Å². The minimum absolute atomic E-state index is 0.0162. The average Bonchev–Trinajstić information content (AvgIpc) is 2.70. The number of amides is 1. The number of nitrogens with one attached hydrogen (secondary N) is 2. The third kappa shape index (κ3) is 4.80. The fraction of sp³-hybridized carbons (Fsp3) is 0.174. The second-order valence-electron chi connectivity index (χ2n) is 7.11. The SMILES string of the molecule is COc1ccc(S(=O)(=O)Nc2ccc(C)cc2C)cc1NC(=O)c1ccc(C)cc1. The highest BCUT2D eigenvalue weighted by molar-refractivity contribution is 7.92. The number of benzene rings is 3. The molecule has 0 heterocycles. The van der Waals surface area contributed by atoms with Crippen molar-refractivity contribution in [2.45, 2.75) is 25.7 Å². The predicted octanol–water partition coefficient (Wildman–Crippen LogP) is 4.67. The van der Waals surface area contributed by atoms with Crippen molar-refractivity contribution in [1.29, 1.82) is 0 Å². The standard InChI is InChI=1S/C23H24N2O4S/c1-15-5-8-18(9-6-15)23(26)24-21-14-19(10-12-22(21)29-4)30(27,28)25-20-11-7-16(2)13-17(20)3/h5-14,25H,1-4H3,(H,24,26). The van der Waals surface area contributed by atoms with Gasteiger partial charge >= 0.3 is 0 Å². The van der Waals surface area contributed by atoms with E-state index in [0.717, 1.165) is 16.7 Å². The number of aryl methyl sites for hydroxylation is 3. The van der Waals surface area contributed by atoms with Crippen molar-refractivity contribution in [3.8, 4) is 5.75 Å². The number of carbonyl (C=O) groups excluding carboxylic acids is 1. The minimum atomic E-state index is -3.86. The van der Waals surface area contributed by atoms with Gasteiger partial charge in [0.2, 0.25) is 0 Å². The molecule has 3 rings (SSSR count). The molecule has 0 unspecified atom stereocenters. The van der Waals surface area contributed by atoms with Gasteiger partial charge in [0.15, 0.2) is 0 Å². The van der Waals surface area contributed by atoms with E-state index in [9.17, 15) is 13.2 Å². The van der Waals surface area contributed by atoms with Crippen molar-refractivity contribution >= 4 is 27.3 Å². The maximum absolute atomic E-state index is 12.9. The van der Waals surface area contributed by atoms with E-state index >= 15 is 0 Å². The van der Waals surface area contributed by atoms with Crippen molar-refractivity contribution in [3.05, 3.63) is 82.9 Å². The summed E-state index contributed by atoms with van der Waals surface area (Å²) in [7, 11) is -2.40. The lowest BCUT2D eigenvalue weighted by atomic mass is 10.1. The molecule has 0 aliphatic carbocycles. The number of anilines is 2. The van der Waals surface area contributed by atoms with E-state index in [0.29, 0.717) is 17.0 Å². The Morgan fingerprint density at radius 1 is 0.833 bits per heavy atom. The Morgan fingerprint density at radius 2 is 1.50 bits per heavy atom. The Balaban J connectivity index is 1.91. The summed E-state index contributed by atoms with van der Waals surface area (Å²) < 4.78 is 33.7. The number of hydrogen-bond acceptors (Lipinski definition) is 4. The minimum Gasteiger partial charge on any atom is -0.495 e. The summed E-state index contributed by atoms with van der Waals surface area (Å²) in [6, 6.07) is 16.9. The normalized spacial score (nSPS) is 11.1. The molecule has 2 N–H and O–H groups in total. The zero-order valence-corrected chi connectivity index (χ0v) is 18.1. The molecule has 0 bridgehead atoms. The van der Waals surface area contributed by atoms with Crippen LogP contribution >= 0.6 is 0 Å². The topological polar surface area (TPSA) is 84.5 Å². The van der Waals surface area contributed by atoms with Gasteiger partial charge in [0, 0.05) is 5.56 Å². The molecule has 0 atom stereocenters. The smallest absolute Gasteiger partial charge is 0.261 e. The van der Waals surface area contributed by atoms with Gasteiger partial charge in [-0.15, -0.1) is 0 Å². The summed E-state index contributed by atoms with van der Waals surface area (Å²) in [6.07, 6.45) is 0. The number of carbonyl (C=O) groups is 1. The maximum atomic E-state index is 12.9. The van der Waals surface area contributed by atoms with Crippen LogP contribution in [-0.2, 0) is 10.0 Å². The van der Waals surface area contributed by atoms with Crippen LogP contribution in [0.15, 0.2) is 65.6 Å². The lowest BCUT2D eigenvalue weighted by molar-refractivity contribution is 0.102.